The number of hydrogen-bond acceptors (Lipinski definition) is 3. The Morgan fingerprint density at radius 1 is 1.31 bits per heavy atom. The first-order chi connectivity index (χ1) is 7.53. The molecule has 0 aliphatic carbocycles. The normalized spacial score (nSPS) is 13.6. The Bertz CT molecular complexity index is 195. The van der Waals surface area contributed by atoms with Crippen LogP contribution in [0.5, 0.6) is 0 Å². The maximum atomic E-state index is 11.6. The summed E-state index contributed by atoms with van der Waals surface area (Å²) in [5, 5.41) is 15.4. The van der Waals surface area contributed by atoms with Crippen molar-refractivity contribution in [3.05, 3.63) is 0 Å². The van der Waals surface area contributed by atoms with E-state index in [9.17, 15) is 9.90 Å². The van der Waals surface area contributed by atoms with Crippen LogP contribution in [-0.4, -0.2) is 35.7 Å². The monoisotopic (exact) mass is 230 g/mol. The lowest BCUT2D eigenvalue weighted by molar-refractivity contribution is -0.121. The fourth-order valence-corrected chi connectivity index (χ4v) is 1.48. The third kappa shape index (κ3) is 4.94. The highest BCUT2D eigenvalue weighted by Gasteiger charge is 2.25. The molecule has 0 saturated heterocycles. The van der Waals surface area contributed by atoms with Crippen molar-refractivity contribution < 1.29 is 9.90 Å². The highest BCUT2D eigenvalue weighted by Crippen LogP contribution is 2.13. The van der Waals surface area contributed by atoms with Gasteiger partial charge in [-0.05, 0) is 26.2 Å². The largest absolute Gasteiger partial charge is 0.394 e. The molecule has 0 aliphatic rings. The topological polar surface area (TPSA) is 61.4 Å². The lowest BCUT2D eigenvalue weighted by atomic mass is 9.94. The number of hydrogen-bond donors (Lipinski definition) is 3. The first kappa shape index (κ1) is 15.4. The molecule has 0 aliphatic heterocycles. The molecule has 4 heteroatoms. The van der Waals surface area contributed by atoms with Crippen molar-refractivity contribution in [3.63, 3.8) is 0 Å². The summed E-state index contributed by atoms with van der Waals surface area (Å²) in [6.45, 7) is 8.38. The summed E-state index contributed by atoms with van der Waals surface area (Å²) >= 11 is 0. The van der Waals surface area contributed by atoms with Crippen molar-refractivity contribution in [3.8, 4) is 0 Å². The van der Waals surface area contributed by atoms with E-state index in [2.05, 4.69) is 10.6 Å². The smallest absolute Gasteiger partial charge is 0.234 e. The third-order valence-corrected chi connectivity index (χ3v) is 3.30. The van der Waals surface area contributed by atoms with Crippen LogP contribution in [0.25, 0.3) is 0 Å². The molecule has 0 saturated carbocycles. The maximum absolute atomic E-state index is 11.6. The first-order valence-electron chi connectivity index (χ1n) is 6.18. The summed E-state index contributed by atoms with van der Waals surface area (Å²) in [4.78, 5) is 11.6. The Hall–Kier alpha value is -0.610. The minimum absolute atomic E-state index is 0.00549. The van der Waals surface area contributed by atoms with E-state index in [1.807, 2.05) is 27.7 Å². The second-order valence-electron chi connectivity index (χ2n) is 4.38. The molecular weight excluding hydrogens is 204 g/mol. The second-order valence-corrected chi connectivity index (χ2v) is 4.38. The summed E-state index contributed by atoms with van der Waals surface area (Å²) in [7, 11) is 0. The molecule has 0 rings (SSSR count). The van der Waals surface area contributed by atoms with E-state index in [-0.39, 0.29) is 30.6 Å². The predicted octanol–water partition coefficient (Wildman–Crippen LogP) is 1.04. The van der Waals surface area contributed by atoms with Gasteiger partial charge in [0.1, 0.15) is 0 Å². The molecule has 0 bridgehead atoms. The zero-order valence-electron chi connectivity index (χ0n) is 11.0. The quantitative estimate of drug-likeness (QED) is 0.584. The van der Waals surface area contributed by atoms with Gasteiger partial charge >= 0.3 is 0 Å². The van der Waals surface area contributed by atoms with Gasteiger partial charge in [0.15, 0.2) is 0 Å². The number of rotatable bonds is 8. The molecule has 16 heavy (non-hydrogen) atoms. The Balaban J connectivity index is 4.06. The minimum Gasteiger partial charge on any atom is -0.394 e. The lowest BCUT2D eigenvalue weighted by Gasteiger charge is -2.30. The van der Waals surface area contributed by atoms with Crippen molar-refractivity contribution in [1.82, 2.24) is 10.6 Å². The number of aliphatic hydroxyl groups is 1. The van der Waals surface area contributed by atoms with E-state index in [0.717, 1.165) is 19.3 Å². The number of aliphatic hydroxyl groups excluding tert-OH is 1. The molecule has 96 valence electrons. The van der Waals surface area contributed by atoms with E-state index in [4.69, 9.17) is 0 Å². The van der Waals surface area contributed by atoms with Crippen LogP contribution < -0.4 is 10.6 Å². The van der Waals surface area contributed by atoms with Gasteiger partial charge in [-0.25, -0.2) is 0 Å². The van der Waals surface area contributed by atoms with Crippen LogP contribution in [-0.2, 0) is 4.79 Å². The number of carbonyl (C=O) groups is 1. The molecule has 0 aromatic heterocycles. The van der Waals surface area contributed by atoms with E-state index in [1.54, 1.807) is 0 Å². The molecule has 1 unspecified atom stereocenters. The molecule has 0 aromatic rings. The van der Waals surface area contributed by atoms with Gasteiger partial charge in [0.2, 0.25) is 5.91 Å². The summed E-state index contributed by atoms with van der Waals surface area (Å²) in [5.41, 5.74) is -0.313. The van der Waals surface area contributed by atoms with Crippen LogP contribution in [0.15, 0.2) is 0 Å². The molecule has 1 atom stereocenters. The molecule has 0 radical (unpaired) electrons. The highest BCUT2D eigenvalue weighted by atomic mass is 16.3. The Labute approximate surface area is 98.8 Å². The van der Waals surface area contributed by atoms with Crippen molar-refractivity contribution in [2.45, 2.75) is 58.5 Å². The minimum atomic E-state index is -0.313. The molecule has 1 amide bonds. The molecule has 3 N–H and O–H groups in total. The highest BCUT2D eigenvalue weighted by molar-refractivity contribution is 5.78. The fourth-order valence-electron chi connectivity index (χ4n) is 1.48. The number of nitrogens with one attached hydrogen (secondary N) is 2. The average Bonchev–Trinajstić information content (AvgIpc) is 2.31. The summed E-state index contributed by atoms with van der Waals surface area (Å²) in [5.74, 6) is -0.00549. The summed E-state index contributed by atoms with van der Waals surface area (Å²) in [6, 6.07) is 0.209. The molecule has 0 heterocycles. The fraction of sp³-hybridized carbons (Fsp3) is 0.917. The number of carbonyl (C=O) groups excluding carboxylic acids is 1. The second kappa shape index (κ2) is 7.63. The van der Waals surface area contributed by atoms with Crippen molar-refractivity contribution in [1.29, 1.82) is 0 Å². The van der Waals surface area contributed by atoms with Crippen LogP contribution in [0.4, 0.5) is 0 Å². The standard InChI is InChI=1S/C12H26N2O2/c1-5-10(4)14-11(16)8-13-12(6-2,7-3)9-15/h10,13,15H,5-9H2,1-4H3,(H,14,16). The van der Waals surface area contributed by atoms with Gasteiger partial charge < -0.3 is 15.7 Å². The molecule has 0 fully saturated rings. The SMILES string of the molecule is CCC(C)NC(=O)CNC(CC)(CC)CO. The van der Waals surface area contributed by atoms with Gasteiger partial charge in [-0.2, -0.15) is 0 Å². The Morgan fingerprint density at radius 3 is 2.25 bits per heavy atom. The average molecular weight is 230 g/mol. The summed E-state index contributed by atoms with van der Waals surface area (Å²) < 4.78 is 0. The molecule has 0 aromatic carbocycles. The van der Waals surface area contributed by atoms with Crippen molar-refractivity contribution in [2.24, 2.45) is 0 Å². The van der Waals surface area contributed by atoms with Crippen LogP contribution in [0.3, 0.4) is 0 Å². The van der Waals surface area contributed by atoms with Crippen LogP contribution in [0.1, 0.15) is 47.0 Å². The van der Waals surface area contributed by atoms with Crippen LogP contribution in [0, 0.1) is 0 Å². The Kier molecular flexibility index (Phi) is 7.34. The number of amides is 1. The zero-order chi connectivity index (χ0) is 12.6. The molecule has 4 nitrogen and oxygen atoms in total. The van der Waals surface area contributed by atoms with Crippen LogP contribution in [0.2, 0.25) is 0 Å². The zero-order valence-corrected chi connectivity index (χ0v) is 11.0. The van der Waals surface area contributed by atoms with Gasteiger partial charge in [-0.15, -0.1) is 0 Å². The molecular formula is C12H26N2O2. The van der Waals surface area contributed by atoms with E-state index in [1.165, 1.54) is 0 Å². The Morgan fingerprint density at radius 2 is 1.88 bits per heavy atom. The van der Waals surface area contributed by atoms with Gasteiger partial charge in [0.25, 0.3) is 0 Å². The van der Waals surface area contributed by atoms with Crippen LogP contribution >= 0.6 is 0 Å². The first-order valence-corrected chi connectivity index (χ1v) is 6.18. The van der Waals surface area contributed by atoms with Crippen molar-refractivity contribution >= 4 is 5.91 Å². The van der Waals surface area contributed by atoms with E-state index in [0.29, 0.717) is 0 Å². The van der Waals surface area contributed by atoms with E-state index < -0.39 is 0 Å². The molecule has 0 spiro atoms. The predicted molar refractivity (Wildman–Crippen MR) is 66.3 cm³/mol. The van der Waals surface area contributed by atoms with Gasteiger partial charge in [0.05, 0.1) is 13.2 Å². The maximum Gasteiger partial charge on any atom is 0.234 e. The van der Waals surface area contributed by atoms with Gasteiger partial charge in [0, 0.05) is 11.6 Å². The van der Waals surface area contributed by atoms with Gasteiger partial charge in [-0.3, -0.25) is 4.79 Å². The summed E-state index contributed by atoms with van der Waals surface area (Å²) in [6.07, 6.45) is 2.56. The van der Waals surface area contributed by atoms with Crippen molar-refractivity contribution in [2.75, 3.05) is 13.2 Å². The van der Waals surface area contributed by atoms with Gasteiger partial charge in [-0.1, -0.05) is 20.8 Å². The van der Waals surface area contributed by atoms with E-state index >= 15 is 0 Å². The lowest BCUT2D eigenvalue weighted by Crippen LogP contribution is -2.51. The third-order valence-electron chi connectivity index (χ3n) is 3.30.